The minimum Gasteiger partial charge on any atom is -0.411 e. The third kappa shape index (κ3) is 6.55. The van der Waals surface area contributed by atoms with Gasteiger partial charge in [-0.2, -0.15) is 0 Å². The van der Waals surface area contributed by atoms with Gasteiger partial charge in [-0.3, -0.25) is 9.59 Å². The van der Waals surface area contributed by atoms with Gasteiger partial charge in [0.2, 0.25) is 17.7 Å². The number of nitrogens with one attached hydrogen (secondary N) is 1. The van der Waals surface area contributed by atoms with E-state index in [1.807, 2.05) is 49.9 Å². The molecule has 1 aliphatic rings. The molecule has 2 amide bonds. The predicted octanol–water partition coefficient (Wildman–Crippen LogP) is 4.82. The van der Waals surface area contributed by atoms with E-state index in [1.54, 1.807) is 24.3 Å². The molecule has 1 aromatic heterocycles. The number of carbonyl (C=O) groups excluding carboxylic acids is 2. The van der Waals surface area contributed by atoms with E-state index in [-0.39, 0.29) is 23.0 Å². The summed E-state index contributed by atoms with van der Waals surface area (Å²) in [5.41, 5.74) is 2.19. The van der Waals surface area contributed by atoms with Crippen LogP contribution in [0.3, 0.4) is 0 Å². The summed E-state index contributed by atoms with van der Waals surface area (Å²) in [6.45, 7) is 8.84. The van der Waals surface area contributed by atoms with Gasteiger partial charge >= 0.3 is 0 Å². The summed E-state index contributed by atoms with van der Waals surface area (Å²) in [4.78, 5) is 29.0. The monoisotopic (exact) mass is 513 g/mol. The number of thioether (sulfide) groups is 1. The predicted molar refractivity (Wildman–Crippen MR) is 139 cm³/mol. The molecule has 0 bridgehead atoms. The second-order valence-electron chi connectivity index (χ2n) is 9.29. The van der Waals surface area contributed by atoms with Crippen molar-refractivity contribution in [3.8, 4) is 11.5 Å². The Morgan fingerprint density at radius 2 is 1.66 bits per heavy atom. The number of amides is 2. The normalized spacial score (nSPS) is 14.2. The highest BCUT2D eigenvalue weighted by molar-refractivity contribution is 7.99. The van der Waals surface area contributed by atoms with Crippen molar-refractivity contribution < 1.29 is 14.0 Å². The van der Waals surface area contributed by atoms with Crippen LogP contribution in [0, 0.1) is 5.41 Å². The number of piperazine rings is 1. The Balaban J connectivity index is 1.24. The zero-order valence-electron chi connectivity index (χ0n) is 20.0. The van der Waals surface area contributed by atoms with Crippen molar-refractivity contribution in [3.63, 3.8) is 0 Å². The van der Waals surface area contributed by atoms with Gasteiger partial charge in [0, 0.05) is 53.6 Å². The number of hydrogen-bond donors (Lipinski definition) is 1. The van der Waals surface area contributed by atoms with E-state index in [0.717, 1.165) is 24.3 Å². The molecule has 0 radical (unpaired) electrons. The van der Waals surface area contributed by atoms with Gasteiger partial charge in [0.15, 0.2) is 0 Å². The first kappa shape index (κ1) is 25.1. The number of hydrogen-bond acceptors (Lipinski definition) is 7. The maximum absolute atomic E-state index is 12.5. The number of benzene rings is 2. The van der Waals surface area contributed by atoms with Crippen molar-refractivity contribution >= 4 is 46.6 Å². The van der Waals surface area contributed by atoms with Gasteiger partial charge in [0.25, 0.3) is 5.22 Å². The maximum atomic E-state index is 12.5. The molecule has 0 aliphatic carbocycles. The molecule has 4 rings (SSSR count). The molecule has 1 N–H and O–H groups in total. The molecule has 0 spiro atoms. The quantitative estimate of drug-likeness (QED) is 0.472. The molecule has 10 heteroatoms. The molecule has 2 aromatic carbocycles. The van der Waals surface area contributed by atoms with E-state index >= 15 is 0 Å². The highest BCUT2D eigenvalue weighted by Gasteiger charge is 2.29. The third-order valence-corrected chi connectivity index (χ3v) is 6.62. The molecule has 1 saturated heterocycles. The van der Waals surface area contributed by atoms with Crippen LogP contribution < -0.4 is 10.2 Å². The van der Waals surface area contributed by atoms with Gasteiger partial charge in [0.05, 0.1) is 5.75 Å². The average molecular weight is 514 g/mol. The molecular formula is C25H28ClN5O3S. The van der Waals surface area contributed by atoms with E-state index in [1.165, 1.54) is 11.8 Å². The molecule has 1 aliphatic heterocycles. The molecule has 2 heterocycles. The lowest BCUT2D eigenvalue weighted by molar-refractivity contribution is -0.139. The molecule has 0 atom stereocenters. The summed E-state index contributed by atoms with van der Waals surface area (Å²) in [6, 6.07) is 14.8. The third-order valence-electron chi connectivity index (χ3n) is 5.55. The van der Waals surface area contributed by atoms with Crippen LogP contribution in [0.2, 0.25) is 5.02 Å². The van der Waals surface area contributed by atoms with Gasteiger partial charge in [-0.15, -0.1) is 10.2 Å². The molecule has 0 unspecified atom stereocenters. The van der Waals surface area contributed by atoms with Crippen molar-refractivity contribution in [3.05, 3.63) is 53.6 Å². The van der Waals surface area contributed by atoms with Crippen LogP contribution in [0.5, 0.6) is 0 Å². The largest absolute Gasteiger partial charge is 0.411 e. The second kappa shape index (κ2) is 10.7. The Hall–Kier alpha value is -3.04. The Bertz CT molecular complexity index is 1170. The second-order valence-corrected chi connectivity index (χ2v) is 10.7. The number of carbonyl (C=O) groups is 2. The van der Waals surface area contributed by atoms with E-state index in [0.29, 0.717) is 34.9 Å². The fourth-order valence-electron chi connectivity index (χ4n) is 3.70. The van der Waals surface area contributed by atoms with Gasteiger partial charge < -0.3 is 19.5 Å². The first-order valence-corrected chi connectivity index (χ1v) is 12.7. The smallest absolute Gasteiger partial charge is 0.277 e. The number of halogens is 1. The Morgan fingerprint density at radius 1 is 1.00 bits per heavy atom. The van der Waals surface area contributed by atoms with Gasteiger partial charge in [-0.25, -0.2) is 0 Å². The number of aromatic nitrogens is 2. The maximum Gasteiger partial charge on any atom is 0.277 e. The zero-order chi connectivity index (χ0) is 25.0. The fraction of sp³-hybridized carbons (Fsp3) is 0.360. The first-order valence-electron chi connectivity index (χ1n) is 11.4. The van der Waals surface area contributed by atoms with Gasteiger partial charge in [-0.1, -0.05) is 44.1 Å². The van der Waals surface area contributed by atoms with Crippen LogP contribution in [0.1, 0.15) is 20.8 Å². The Kier molecular flexibility index (Phi) is 7.66. The van der Waals surface area contributed by atoms with Crippen LogP contribution in [0.4, 0.5) is 11.4 Å². The van der Waals surface area contributed by atoms with E-state index < -0.39 is 0 Å². The van der Waals surface area contributed by atoms with Crippen LogP contribution in [0.15, 0.2) is 58.2 Å². The van der Waals surface area contributed by atoms with E-state index in [9.17, 15) is 9.59 Å². The minimum atomic E-state index is -0.358. The lowest BCUT2D eigenvalue weighted by atomic mass is 9.94. The van der Waals surface area contributed by atoms with Crippen molar-refractivity contribution in [2.75, 3.05) is 42.1 Å². The lowest BCUT2D eigenvalue weighted by Gasteiger charge is -2.38. The topological polar surface area (TPSA) is 91.6 Å². The van der Waals surface area contributed by atoms with E-state index in [4.69, 9.17) is 16.0 Å². The molecule has 3 aromatic rings. The standard InChI is InChI=1S/C25H28ClN5O3S/c1-25(2,3)23(33)31-14-12-30(13-15-31)20-10-8-19(9-11-20)27-21(32)16-35-24-29-28-22(34-24)17-4-6-18(26)7-5-17/h4-11H,12-16H2,1-3H3,(H,27,32). The van der Waals surface area contributed by atoms with Crippen molar-refractivity contribution in [1.82, 2.24) is 15.1 Å². The van der Waals surface area contributed by atoms with Crippen LogP contribution in [-0.2, 0) is 9.59 Å². The molecule has 184 valence electrons. The average Bonchev–Trinajstić information content (AvgIpc) is 3.32. The van der Waals surface area contributed by atoms with Crippen LogP contribution in [0.25, 0.3) is 11.5 Å². The Labute approximate surface area is 214 Å². The SMILES string of the molecule is CC(C)(C)C(=O)N1CCN(c2ccc(NC(=O)CSc3nnc(-c4ccc(Cl)cc4)o3)cc2)CC1. The van der Waals surface area contributed by atoms with E-state index in [2.05, 4.69) is 20.4 Å². The number of nitrogens with zero attached hydrogens (tertiary/aromatic N) is 4. The van der Waals surface area contributed by atoms with Crippen molar-refractivity contribution in [2.24, 2.45) is 5.41 Å². The van der Waals surface area contributed by atoms with Crippen LogP contribution >= 0.6 is 23.4 Å². The van der Waals surface area contributed by atoms with Crippen LogP contribution in [-0.4, -0.2) is 58.8 Å². The summed E-state index contributed by atoms with van der Waals surface area (Å²) in [5, 5.41) is 11.9. The summed E-state index contributed by atoms with van der Waals surface area (Å²) >= 11 is 7.08. The van der Waals surface area contributed by atoms with Gasteiger partial charge in [-0.05, 0) is 48.5 Å². The highest BCUT2D eigenvalue weighted by Crippen LogP contribution is 2.25. The number of rotatable bonds is 6. The lowest BCUT2D eigenvalue weighted by Crippen LogP contribution is -2.51. The molecular weight excluding hydrogens is 486 g/mol. The van der Waals surface area contributed by atoms with Crippen molar-refractivity contribution in [2.45, 2.75) is 26.0 Å². The zero-order valence-corrected chi connectivity index (χ0v) is 21.5. The molecule has 0 saturated carbocycles. The molecule has 1 fully saturated rings. The Morgan fingerprint density at radius 3 is 2.29 bits per heavy atom. The minimum absolute atomic E-state index is 0.147. The molecule has 35 heavy (non-hydrogen) atoms. The van der Waals surface area contributed by atoms with Crippen molar-refractivity contribution in [1.29, 1.82) is 0 Å². The number of anilines is 2. The van der Waals surface area contributed by atoms with Gasteiger partial charge in [0.1, 0.15) is 0 Å². The highest BCUT2D eigenvalue weighted by atomic mass is 35.5. The fourth-order valence-corrected chi connectivity index (χ4v) is 4.39. The summed E-state index contributed by atoms with van der Waals surface area (Å²) in [6.07, 6.45) is 0. The summed E-state index contributed by atoms with van der Waals surface area (Å²) in [7, 11) is 0. The summed E-state index contributed by atoms with van der Waals surface area (Å²) in [5.74, 6) is 0.551. The molecule has 8 nitrogen and oxygen atoms in total. The first-order chi connectivity index (χ1) is 16.7. The summed E-state index contributed by atoms with van der Waals surface area (Å²) < 4.78 is 5.62.